The summed E-state index contributed by atoms with van der Waals surface area (Å²) >= 11 is 0. The lowest BCUT2D eigenvalue weighted by atomic mass is 10.0. The zero-order chi connectivity index (χ0) is 21.4. The van der Waals surface area contributed by atoms with Gasteiger partial charge in [0, 0.05) is 36.3 Å². The molecule has 0 N–H and O–H groups in total. The summed E-state index contributed by atoms with van der Waals surface area (Å²) in [6.45, 7) is 4.84. The molecule has 160 valence electrons. The summed E-state index contributed by atoms with van der Waals surface area (Å²) in [5.41, 5.74) is 4.22. The van der Waals surface area contributed by atoms with Crippen molar-refractivity contribution in [2.45, 2.75) is 25.8 Å². The van der Waals surface area contributed by atoms with Crippen molar-refractivity contribution in [1.29, 1.82) is 0 Å². The van der Waals surface area contributed by atoms with E-state index in [1.807, 2.05) is 36.0 Å². The Morgan fingerprint density at radius 2 is 1.84 bits per heavy atom. The number of rotatable bonds is 5. The Kier molecular flexibility index (Phi) is 5.24. The van der Waals surface area contributed by atoms with E-state index in [9.17, 15) is 0 Å². The summed E-state index contributed by atoms with van der Waals surface area (Å²) < 4.78 is 7.63. The van der Waals surface area contributed by atoms with E-state index >= 15 is 0 Å². The molecule has 0 radical (unpaired) electrons. The van der Waals surface area contributed by atoms with E-state index in [2.05, 4.69) is 59.2 Å². The summed E-state index contributed by atoms with van der Waals surface area (Å²) in [6.07, 6.45) is 4.25. The molecule has 31 heavy (non-hydrogen) atoms. The zero-order valence-corrected chi connectivity index (χ0v) is 18.5. The van der Waals surface area contributed by atoms with Crippen molar-refractivity contribution in [3.63, 3.8) is 0 Å². The fraction of sp³-hybridized carbons (Fsp3) is 0.360. The minimum atomic E-state index is 0.647. The number of hydrogen-bond donors (Lipinski definition) is 0. The fourth-order valence-electron chi connectivity index (χ4n) is 4.51. The third-order valence-electron chi connectivity index (χ3n) is 6.29. The van der Waals surface area contributed by atoms with Gasteiger partial charge in [-0.15, -0.1) is 0 Å². The first-order valence-corrected chi connectivity index (χ1v) is 11.0. The molecular weight excluding hydrogens is 386 g/mol. The quantitative estimate of drug-likeness (QED) is 0.480. The van der Waals surface area contributed by atoms with Gasteiger partial charge in [-0.2, -0.15) is 0 Å². The molecule has 0 aliphatic carbocycles. The monoisotopic (exact) mass is 415 g/mol. The highest BCUT2D eigenvalue weighted by Crippen LogP contribution is 2.27. The van der Waals surface area contributed by atoms with Crippen LogP contribution >= 0.6 is 0 Å². The number of imidazole rings is 1. The third-order valence-corrected chi connectivity index (χ3v) is 6.29. The number of ether oxygens (including phenoxy) is 1. The van der Waals surface area contributed by atoms with E-state index in [1.54, 1.807) is 0 Å². The van der Waals surface area contributed by atoms with Crippen molar-refractivity contribution in [3.05, 3.63) is 54.9 Å². The Balaban J connectivity index is 1.41. The van der Waals surface area contributed by atoms with Crippen LogP contribution in [0.5, 0.6) is 5.75 Å². The van der Waals surface area contributed by atoms with Crippen molar-refractivity contribution >= 4 is 27.6 Å². The normalized spacial score (nSPS) is 15.3. The number of hydrogen-bond acceptors (Lipinski definition) is 5. The molecule has 1 aliphatic heterocycles. The summed E-state index contributed by atoms with van der Waals surface area (Å²) in [5.74, 6) is 1.72. The van der Waals surface area contributed by atoms with E-state index in [-0.39, 0.29) is 0 Å². The van der Waals surface area contributed by atoms with Crippen molar-refractivity contribution in [1.82, 2.24) is 19.4 Å². The minimum absolute atomic E-state index is 0.647. The van der Waals surface area contributed by atoms with Gasteiger partial charge in [0.15, 0.2) is 0 Å². The van der Waals surface area contributed by atoms with Gasteiger partial charge < -0.3 is 14.5 Å². The summed E-state index contributed by atoms with van der Waals surface area (Å²) in [5, 5.41) is 1.17. The molecule has 0 atom stereocenters. The van der Waals surface area contributed by atoms with Gasteiger partial charge in [0.2, 0.25) is 0 Å². The van der Waals surface area contributed by atoms with Gasteiger partial charge in [-0.1, -0.05) is 0 Å². The minimum Gasteiger partial charge on any atom is -0.494 e. The molecule has 5 rings (SSSR count). The van der Waals surface area contributed by atoms with Gasteiger partial charge in [-0.3, -0.25) is 4.57 Å². The molecule has 0 saturated carbocycles. The van der Waals surface area contributed by atoms with E-state index in [4.69, 9.17) is 9.72 Å². The Morgan fingerprint density at radius 3 is 2.61 bits per heavy atom. The number of pyridine rings is 1. The molecule has 0 bridgehead atoms. The van der Waals surface area contributed by atoms with E-state index in [1.165, 1.54) is 23.9 Å². The number of nitrogens with zero attached hydrogens (tertiary/aromatic N) is 5. The van der Waals surface area contributed by atoms with Crippen LogP contribution < -0.4 is 9.64 Å². The number of benzene rings is 2. The summed E-state index contributed by atoms with van der Waals surface area (Å²) in [6, 6.07) is 17.5. The summed E-state index contributed by atoms with van der Waals surface area (Å²) in [4.78, 5) is 14.3. The maximum absolute atomic E-state index is 5.59. The lowest BCUT2D eigenvalue weighted by Gasteiger charge is -2.36. The fourth-order valence-corrected chi connectivity index (χ4v) is 4.51. The number of fused-ring (bicyclic) bond motifs is 2. The van der Waals surface area contributed by atoms with E-state index in [0.29, 0.717) is 12.6 Å². The van der Waals surface area contributed by atoms with Crippen molar-refractivity contribution in [3.8, 4) is 11.6 Å². The van der Waals surface area contributed by atoms with Gasteiger partial charge in [0.1, 0.15) is 17.9 Å². The molecule has 1 saturated heterocycles. The first kappa shape index (κ1) is 19.8. The van der Waals surface area contributed by atoms with E-state index < -0.39 is 0 Å². The number of anilines is 1. The van der Waals surface area contributed by atoms with Crippen LogP contribution in [0.1, 0.15) is 19.8 Å². The molecule has 0 spiro atoms. The third kappa shape index (κ3) is 3.83. The van der Waals surface area contributed by atoms with Crippen LogP contribution in [0.4, 0.5) is 5.69 Å². The molecule has 0 unspecified atom stereocenters. The average molecular weight is 416 g/mol. The molecule has 1 fully saturated rings. The predicted molar refractivity (Wildman–Crippen MR) is 126 cm³/mol. The van der Waals surface area contributed by atoms with Crippen LogP contribution in [0.2, 0.25) is 0 Å². The van der Waals surface area contributed by atoms with Gasteiger partial charge in [-0.25, -0.2) is 9.97 Å². The first-order chi connectivity index (χ1) is 15.1. The largest absolute Gasteiger partial charge is 0.494 e. The molecule has 0 amide bonds. The Bertz CT molecular complexity index is 1210. The molecule has 4 aromatic rings. The van der Waals surface area contributed by atoms with Gasteiger partial charge in [0.05, 0.1) is 23.2 Å². The molecule has 2 aromatic heterocycles. The van der Waals surface area contributed by atoms with Crippen LogP contribution in [-0.2, 0) is 0 Å². The number of aromatic nitrogens is 3. The molecule has 2 aromatic carbocycles. The van der Waals surface area contributed by atoms with Crippen LogP contribution in [0.3, 0.4) is 0 Å². The molecule has 3 heterocycles. The van der Waals surface area contributed by atoms with Crippen molar-refractivity contribution < 1.29 is 4.74 Å². The molecule has 6 heteroatoms. The molecule has 1 aliphatic rings. The van der Waals surface area contributed by atoms with Crippen LogP contribution in [0.15, 0.2) is 54.9 Å². The average Bonchev–Trinajstić information content (AvgIpc) is 3.22. The highest BCUT2D eigenvalue weighted by Gasteiger charge is 2.21. The van der Waals surface area contributed by atoms with E-state index in [0.717, 1.165) is 41.2 Å². The predicted octanol–water partition coefficient (Wildman–Crippen LogP) is 4.50. The SMILES string of the molecule is CCOc1ccc2c(c1)ncn2-c1ccc2cc(N3CCC(N(C)C)CC3)ccc2n1. The zero-order valence-electron chi connectivity index (χ0n) is 18.5. The second-order valence-electron chi connectivity index (χ2n) is 8.43. The molecule has 6 nitrogen and oxygen atoms in total. The first-order valence-electron chi connectivity index (χ1n) is 11.0. The smallest absolute Gasteiger partial charge is 0.139 e. The highest BCUT2D eigenvalue weighted by molar-refractivity contribution is 5.84. The van der Waals surface area contributed by atoms with Crippen LogP contribution in [0, 0.1) is 0 Å². The highest BCUT2D eigenvalue weighted by atomic mass is 16.5. The van der Waals surface area contributed by atoms with Gasteiger partial charge in [-0.05, 0) is 76.3 Å². The standard InChI is InChI=1S/C25H29N5O/c1-4-31-21-7-9-24-23(16-21)26-17-30(24)25-10-5-18-15-20(6-8-22(18)27-25)29-13-11-19(12-14-29)28(2)3/h5-10,15-17,19H,4,11-14H2,1-3H3. The second kappa shape index (κ2) is 8.19. The lowest BCUT2D eigenvalue weighted by molar-refractivity contribution is 0.249. The Morgan fingerprint density at radius 1 is 1.00 bits per heavy atom. The maximum atomic E-state index is 5.59. The topological polar surface area (TPSA) is 46.4 Å². The van der Waals surface area contributed by atoms with Crippen molar-refractivity contribution in [2.75, 3.05) is 38.7 Å². The van der Waals surface area contributed by atoms with Gasteiger partial charge in [0.25, 0.3) is 0 Å². The van der Waals surface area contributed by atoms with Crippen LogP contribution in [0.25, 0.3) is 27.8 Å². The lowest BCUT2D eigenvalue weighted by Crippen LogP contribution is -2.41. The maximum Gasteiger partial charge on any atom is 0.139 e. The molecular formula is C25H29N5O. The summed E-state index contributed by atoms with van der Waals surface area (Å²) in [7, 11) is 4.36. The van der Waals surface area contributed by atoms with Crippen LogP contribution in [-0.4, -0.2) is 59.3 Å². The Labute approximate surface area is 183 Å². The Hall–Kier alpha value is -3.12. The van der Waals surface area contributed by atoms with Crippen molar-refractivity contribution in [2.24, 2.45) is 0 Å². The van der Waals surface area contributed by atoms with Gasteiger partial charge >= 0.3 is 0 Å². The second-order valence-corrected chi connectivity index (χ2v) is 8.43. The number of piperidine rings is 1.